The van der Waals surface area contributed by atoms with Crippen molar-refractivity contribution in [3.63, 3.8) is 0 Å². The van der Waals surface area contributed by atoms with Crippen molar-refractivity contribution < 1.29 is 14.4 Å². The lowest BCUT2D eigenvalue weighted by atomic mass is 13.0. The Morgan fingerprint density at radius 2 is 1.86 bits per heavy atom. The molecule has 0 aromatic carbocycles. The van der Waals surface area contributed by atoms with Crippen LogP contribution in [0.3, 0.4) is 0 Å². The van der Waals surface area contributed by atoms with Crippen molar-refractivity contribution in [1.29, 1.82) is 0 Å². The van der Waals surface area contributed by atoms with Crippen LogP contribution in [0.15, 0.2) is 4.78 Å². The maximum Gasteiger partial charge on any atom is 0.583 e. The second kappa shape index (κ2) is 1.91. The molecule has 0 saturated heterocycles. The van der Waals surface area contributed by atoms with Gasteiger partial charge >= 0.3 is 8.97 Å². The smallest absolute Gasteiger partial charge is 0.387 e. The van der Waals surface area contributed by atoms with Crippen molar-refractivity contribution in [1.82, 2.24) is 0 Å². The first kappa shape index (κ1) is 6.41. The fraction of sp³-hybridized carbons (Fsp3) is 0. The van der Waals surface area contributed by atoms with Gasteiger partial charge in [-0.2, -0.15) is 0 Å². The van der Waals surface area contributed by atoms with Gasteiger partial charge in [-0.3, -0.25) is 0 Å². The lowest BCUT2D eigenvalue weighted by Crippen LogP contribution is -2.30. The third-order valence-electron chi connectivity index (χ3n) is 0.179. The highest BCUT2D eigenvalue weighted by Crippen LogP contribution is 1.84. The predicted octanol–water partition coefficient (Wildman–Crippen LogP) is -1.29. The molecule has 7 heteroatoms. The molecule has 7 heavy (non-hydrogen) atoms. The van der Waals surface area contributed by atoms with Crippen LogP contribution in [0, 0.1) is 0 Å². The summed E-state index contributed by atoms with van der Waals surface area (Å²) in [5.41, 5.74) is 7.41. The normalized spacial score (nSPS) is 10.1. The summed E-state index contributed by atoms with van der Waals surface area (Å²) >= 11 is 0. The maximum absolute atomic E-state index is 7.85. The molecule has 0 aromatic rings. The molecule has 0 atom stereocenters. The number of hydrogen-bond donors (Lipinski definition) is 3. The van der Waals surface area contributed by atoms with E-state index in [-0.39, 0.29) is 0 Å². The van der Waals surface area contributed by atoms with E-state index in [1.165, 1.54) is 0 Å². The van der Waals surface area contributed by atoms with Crippen molar-refractivity contribution in [3.8, 4) is 0 Å². The molecule has 0 aromatic heterocycles. The van der Waals surface area contributed by atoms with Gasteiger partial charge in [0.15, 0.2) is 0 Å². The van der Waals surface area contributed by atoms with Crippen LogP contribution in [0.25, 0.3) is 10.4 Å². The van der Waals surface area contributed by atoms with Gasteiger partial charge in [-0.05, 0) is 10.3 Å². The Morgan fingerprint density at radius 1 is 1.43 bits per heavy atom. The molecule has 0 saturated carbocycles. The molecular weight excluding hydrogens is 118 g/mol. The Hall–Kier alpha value is -0.593. The zero-order valence-electron chi connectivity index (χ0n) is 3.18. The Bertz CT molecular complexity index is 97.2. The number of azide groups is 1. The zero-order valence-corrected chi connectivity index (χ0v) is 4.18. The van der Waals surface area contributed by atoms with Gasteiger partial charge in [-0.25, -0.2) is 0 Å². The summed E-state index contributed by atoms with van der Waals surface area (Å²) < 4.78 is 2.24. The van der Waals surface area contributed by atoms with Crippen LogP contribution in [-0.4, -0.2) is 23.4 Å². The van der Waals surface area contributed by atoms with E-state index in [0.29, 0.717) is 0 Å². The quantitative estimate of drug-likeness (QED) is 0.174. The molecule has 40 valence electrons. The van der Waals surface area contributed by atoms with Crippen LogP contribution in [0.5, 0.6) is 0 Å². The van der Waals surface area contributed by atoms with Gasteiger partial charge in [0.1, 0.15) is 0 Å². The van der Waals surface area contributed by atoms with E-state index in [0.717, 1.165) is 0 Å². The molecule has 0 unspecified atom stereocenters. The first-order chi connectivity index (χ1) is 3.06. The van der Waals surface area contributed by atoms with E-state index in [4.69, 9.17) is 19.9 Å². The molecule has 0 rings (SSSR count). The molecule has 6 nitrogen and oxygen atoms in total. The fourth-order valence-electron chi connectivity index (χ4n) is 0.0600. The molecule has 0 aliphatic carbocycles. The highest BCUT2D eigenvalue weighted by molar-refractivity contribution is 6.53. The Labute approximate surface area is 39.7 Å². The Morgan fingerprint density at radius 3 is 1.86 bits per heavy atom. The maximum atomic E-state index is 7.85. The summed E-state index contributed by atoms with van der Waals surface area (Å²) in [7, 11) is -4.45. The molecule has 0 aliphatic rings. The third-order valence-corrected chi connectivity index (χ3v) is 0.537. The van der Waals surface area contributed by atoms with E-state index >= 15 is 0 Å². The number of hydrogen-bond acceptors (Lipinski definition) is 4. The molecule has 3 N–H and O–H groups in total. The predicted molar refractivity (Wildman–Crippen MR) is 21.6 cm³/mol. The molecule has 0 heterocycles. The van der Waals surface area contributed by atoms with Crippen LogP contribution in [0.4, 0.5) is 0 Å². The number of nitrogens with zero attached hydrogens (tertiary/aromatic N) is 3. The summed E-state index contributed by atoms with van der Waals surface area (Å²) in [6.07, 6.45) is 0. The molecule has 0 amide bonds. The van der Waals surface area contributed by atoms with Crippen LogP contribution in [-0.2, 0) is 0 Å². The second-order valence-electron chi connectivity index (χ2n) is 0.789. The molecule has 0 fully saturated rings. The third kappa shape index (κ3) is 5.41. The zero-order chi connectivity index (χ0) is 5.91. The first-order valence-electron chi connectivity index (χ1n) is 1.29. The van der Waals surface area contributed by atoms with Gasteiger partial charge in [0.25, 0.3) is 0 Å². The lowest BCUT2D eigenvalue weighted by Gasteiger charge is -1.95. The SMILES string of the molecule is [N-]=[N+]=N[Si](O)(O)O. The van der Waals surface area contributed by atoms with Crippen molar-refractivity contribution in [2.24, 2.45) is 4.78 Å². The van der Waals surface area contributed by atoms with Gasteiger partial charge in [0.2, 0.25) is 0 Å². The Kier molecular flexibility index (Phi) is 1.75. The first-order valence-corrected chi connectivity index (χ1v) is 3.08. The van der Waals surface area contributed by atoms with Gasteiger partial charge < -0.3 is 14.4 Å². The van der Waals surface area contributed by atoms with Crippen LogP contribution in [0.1, 0.15) is 0 Å². The van der Waals surface area contributed by atoms with Crippen molar-refractivity contribution in [3.05, 3.63) is 10.4 Å². The summed E-state index contributed by atoms with van der Waals surface area (Å²) in [5.74, 6) is 0. The van der Waals surface area contributed by atoms with E-state index in [1.54, 1.807) is 0 Å². The summed E-state index contributed by atoms with van der Waals surface area (Å²) in [6.45, 7) is 0. The molecule has 0 aliphatic heterocycles. The second-order valence-corrected chi connectivity index (χ2v) is 2.19. The monoisotopic (exact) mass is 121 g/mol. The van der Waals surface area contributed by atoms with Crippen molar-refractivity contribution >= 4 is 8.97 Å². The minimum absolute atomic E-state index is 1.94. The Balaban J connectivity index is 3.80. The standard InChI is InChI=1S/H3N3O3Si/c1-2-3-7(4,5)6/h4-6H. The van der Waals surface area contributed by atoms with Crippen LogP contribution >= 0.6 is 0 Å². The van der Waals surface area contributed by atoms with Crippen LogP contribution in [0.2, 0.25) is 0 Å². The topological polar surface area (TPSA) is 109 Å². The molecular formula is H3N3O3Si. The average Bonchev–Trinajstić information content (AvgIpc) is 1.30. The van der Waals surface area contributed by atoms with Crippen LogP contribution < -0.4 is 0 Å². The minimum atomic E-state index is -4.45. The number of rotatable bonds is 1. The summed E-state index contributed by atoms with van der Waals surface area (Å²) in [4.78, 5) is 25.5. The van der Waals surface area contributed by atoms with Gasteiger partial charge in [-0.1, -0.05) is 0 Å². The van der Waals surface area contributed by atoms with Crippen molar-refractivity contribution in [2.75, 3.05) is 0 Å². The molecule has 0 bridgehead atoms. The van der Waals surface area contributed by atoms with E-state index in [2.05, 4.69) is 4.78 Å². The summed E-state index contributed by atoms with van der Waals surface area (Å²) in [5, 5.41) is 0. The highest BCUT2D eigenvalue weighted by Gasteiger charge is 2.23. The van der Waals surface area contributed by atoms with E-state index < -0.39 is 8.97 Å². The van der Waals surface area contributed by atoms with Crippen molar-refractivity contribution in [2.45, 2.75) is 0 Å². The average molecular weight is 121 g/mol. The van der Waals surface area contributed by atoms with E-state index in [1.807, 2.05) is 4.91 Å². The minimum Gasteiger partial charge on any atom is -0.387 e. The van der Waals surface area contributed by atoms with Gasteiger partial charge in [0.05, 0.1) is 0 Å². The van der Waals surface area contributed by atoms with Gasteiger partial charge in [0, 0.05) is 4.91 Å². The lowest BCUT2D eigenvalue weighted by molar-refractivity contribution is 0.230. The fourth-order valence-corrected chi connectivity index (χ4v) is 0.180. The largest absolute Gasteiger partial charge is 0.583 e. The molecule has 0 radical (unpaired) electrons. The van der Waals surface area contributed by atoms with Gasteiger partial charge in [-0.15, -0.1) is 0 Å². The van der Waals surface area contributed by atoms with E-state index in [9.17, 15) is 0 Å². The highest BCUT2D eigenvalue weighted by atomic mass is 28.4. The summed E-state index contributed by atoms with van der Waals surface area (Å²) in [6, 6.07) is 0. The molecule has 0 spiro atoms.